The highest BCUT2D eigenvalue weighted by molar-refractivity contribution is 5.85. The molecule has 2 rings (SSSR count). The number of nitrogens with two attached hydrogens (primary N) is 1. The van der Waals surface area contributed by atoms with Crippen LogP contribution in [0.5, 0.6) is 0 Å². The Morgan fingerprint density at radius 1 is 1.50 bits per heavy atom. The molecule has 0 fully saturated rings. The number of amides is 1. The van der Waals surface area contributed by atoms with Crippen LogP contribution in [0.3, 0.4) is 0 Å². The van der Waals surface area contributed by atoms with Crippen molar-refractivity contribution in [1.29, 1.82) is 0 Å². The lowest BCUT2D eigenvalue weighted by molar-refractivity contribution is -0.123. The summed E-state index contributed by atoms with van der Waals surface area (Å²) < 4.78 is 15.1. The quantitative estimate of drug-likeness (QED) is 0.456. The Kier molecular flexibility index (Phi) is 2.62. The zero-order valence-electron chi connectivity index (χ0n) is 8.77. The van der Waals surface area contributed by atoms with E-state index < -0.39 is 6.04 Å². The molecule has 0 bridgehead atoms. The molecule has 0 aliphatic rings. The van der Waals surface area contributed by atoms with E-state index in [0.717, 1.165) is 0 Å². The number of halogens is 1. The number of rotatable bonds is 2. The second kappa shape index (κ2) is 3.94. The summed E-state index contributed by atoms with van der Waals surface area (Å²) in [7, 11) is 0. The zero-order chi connectivity index (χ0) is 11.7. The van der Waals surface area contributed by atoms with Gasteiger partial charge in [-0.3, -0.25) is 10.2 Å². The Labute approximate surface area is 91.8 Å². The van der Waals surface area contributed by atoms with Gasteiger partial charge in [0.15, 0.2) is 0 Å². The predicted molar refractivity (Wildman–Crippen MR) is 58.9 cm³/mol. The van der Waals surface area contributed by atoms with Crippen LogP contribution in [0.25, 0.3) is 10.9 Å². The van der Waals surface area contributed by atoms with Crippen LogP contribution in [0.1, 0.15) is 13.0 Å². The van der Waals surface area contributed by atoms with Crippen molar-refractivity contribution in [3.63, 3.8) is 0 Å². The molecule has 2 aromatic rings. The van der Waals surface area contributed by atoms with Gasteiger partial charge in [0.05, 0.1) is 5.52 Å². The van der Waals surface area contributed by atoms with Gasteiger partial charge in [-0.25, -0.2) is 10.2 Å². The fraction of sp³-hybridized carbons (Fsp3) is 0.182. The standard InChI is InChI=1S/C11H12FN3O/c1-7(11(16)14-13)15-6-5-8-9(12)3-2-4-10(8)15/h2-7H,13H2,1H3,(H,14,16). The molecule has 1 amide bonds. The molecule has 84 valence electrons. The van der Waals surface area contributed by atoms with E-state index in [-0.39, 0.29) is 11.7 Å². The van der Waals surface area contributed by atoms with Crippen molar-refractivity contribution in [2.24, 2.45) is 5.84 Å². The third-order valence-corrected chi connectivity index (χ3v) is 2.65. The van der Waals surface area contributed by atoms with Crippen molar-refractivity contribution in [2.45, 2.75) is 13.0 Å². The van der Waals surface area contributed by atoms with Crippen molar-refractivity contribution >= 4 is 16.8 Å². The van der Waals surface area contributed by atoms with Gasteiger partial charge in [0, 0.05) is 11.6 Å². The average molecular weight is 221 g/mol. The topological polar surface area (TPSA) is 60.1 Å². The van der Waals surface area contributed by atoms with Crippen LogP contribution < -0.4 is 11.3 Å². The van der Waals surface area contributed by atoms with Gasteiger partial charge in [0.2, 0.25) is 0 Å². The first kappa shape index (κ1) is 10.6. The number of hydrazine groups is 1. The number of carbonyl (C=O) groups is 1. The summed E-state index contributed by atoms with van der Waals surface area (Å²) in [5, 5.41) is 0.499. The van der Waals surface area contributed by atoms with E-state index in [4.69, 9.17) is 5.84 Å². The number of aromatic nitrogens is 1. The molecule has 0 spiro atoms. The Balaban J connectivity index is 2.54. The Morgan fingerprint density at radius 3 is 2.94 bits per heavy atom. The number of benzene rings is 1. The Bertz CT molecular complexity index is 535. The molecule has 0 saturated carbocycles. The number of nitrogens with zero attached hydrogens (tertiary/aromatic N) is 1. The predicted octanol–water partition coefficient (Wildman–Crippen LogP) is 1.33. The summed E-state index contributed by atoms with van der Waals surface area (Å²) in [5.74, 6) is 4.45. The van der Waals surface area contributed by atoms with Crippen LogP contribution in [-0.4, -0.2) is 10.5 Å². The van der Waals surface area contributed by atoms with Crippen LogP contribution in [0.2, 0.25) is 0 Å². The fourth-order valence-electron chi connectivity index (χ4n) is 1.74. The lowest BCUT2D eigenvalue weighted by Crippen LogP contribution is -2.35. The average Bonchev–Trinajstić information content (AvgIpc) is 2.72. The lowest BCUT2D eigenvalue weighted by Gasteiger charge is -2.13. The molecule has 0 aliphatic heterocycles. The monoisotopic (exact) mass is 221 g/mol. The molecule has 3 N–H and O–H groups in total. The Hall–Kier alpha value is -1.88. The van der Waals surface area contributed by atoms with Crippen molar-refractivity contribution < 1.29 is 9.18 Å². The molecule has 0 radical (unpaired) electrons. The minimum absolute atomic E-state index is 0.295. The summed E-state index contributed by atoms with van der Waals surface area (Å²) in [4.78, 5) is 11.4. The molecule has 1 atom stereocenters. The van der Waals surface area contributed by atoms with Crippen LogP contribution in [0, 0.1) is 5.82 Å². The molecule has 4 nitrogen and oxygen atoms in total. The second-order valence-corrected chi connectivity index (χ2v) is 3.58. The van der Waals surface area contributed by atoms with E-state index in [1.54, 1.807) is 35.9 Å². The Morgan fingerprint density at radius 2 is 2.25 bits per heavy atom. The largest absolute Gasteiger partial charge is 0.335 e. The van der Waals surface area contributed by atoms with Crippen molar-refractivity contribution in [1.82, 2.24) is 9.99 Å². The molecular weight excluding hydrogens is 209 g/mol. The summed E-state index contributed by atoms with van der Waals surface area (Å²) >= 11 is 0. The molecule has 5 heteroatoms. The third-order valence-electron chi connectivity index (χ3n) is 2.65. The van der Waals surface area contributed by atoms with E-state index in [0.29, 0.717) is 10.9 Å². The molecule has 1 aromatic carbocycles. The maximum Gasteiger partial charge on any atom is 0.256 e. The molecule has 1 unspecified atom stereocenters. The summed E-state index contributed by atoms with van der Waals surface area (Å²) in [6, 6.07) is 5.94. The normalized spacial score (nSPS) is 12.7. The van der Waals surface area contributed by atoms with Gasteiger partial charge in [-0.2, -0.15) is 0 Å². The maximum absolute atomic E-state index is 13.4. The van der Waals surface area contributed by atoms with Gasteiger partial charge in [-0.15, -0.1) is 0 Å². The molecule has 0 saturated heterocycles. The van der Waals surface area contributed by atoms with Crippen molar-refractivity contribution in [3.8, 4) is 0 Å². The highest BCUT2D eigenvalue weighted by Gasteiger charge is 2.16. The van der Waals surface area contributed by atoms with E-state index in [9.17, 15) is 9.18 Å². The minimum atomic E-state index is -0.468. The smallest absolute Gasteiger partial charge is 0.256 e. The van der Waals surface area contributed by atoms with Crippen molar-refractivity contribution in [2.75, 3.05) is 0 Å². The first-order valence-electron chi connectivity index (χ1n) is 4.90. The highest BCUT2D eigenvalue weighted by Crippen LogP contribution is 2.22. The van der Waals surface area contributed by atoms with Crippen LogP contribution in [0.4, 0.5) is 4.39 Å². The molecule has 16 heavy (non-hydrogen) atoms. The van der Waals surface area contributed by atoms with Crippen LogP contribution in [-0.2, 0) is 4.79 Å². The van der Waals surface area contributed by atoms with Gasteiger partial charge >= 0.3 is 0 Å². The number of hydrogen-bond donors (Lipinski definition) is 2. The lowest BCUT2D eigenvalue weighted by atomic mass is 10.2. The molecule has 1 heterocycles. The second-order valence-electron chi connectivity index (χ2n) is 3.58. The minimum Gasteiger partial charge on any atom is -0.335 e. The SMILES string of the molecule is CC(C(=O)NN)n1ccc2c(F)cccc21. The molecule has 1 aromatic heterocycles. The summed E-state index contributed by atoms with van der Waals surface area (Å²) in [5.41, 5.74) is 2.76. The van der Waals surface area contributed by atoms with Gasteiger partial charge in [0.1, 0.15) is 11.9 Å². The maximum atomic E-state index is 13.4. The highest BCUT2D eigenvalue weighted by atomic mass is 19.1. The first-order chi connectivity index (χ1) is 7.65. The van der Waals surface area contributed by atoms with E-state index >= 15 is 0 Å². The van der Waals surface area contributed by atoms with Crippen LogP contribution >= 0.6 is 0 Å². The van der Waals surface area contributed by atoms with E-state index in [1.807, 2.05) is 0 Å². The van der Waals surface area contributed by atoms with Crippen LogP contribution in [0.15, 0.2) is 30.5 Å². The van der Waals surface area contributed by atoms with Gasteiger partial charge in [-0.05, 0) is 25.1 Å². The zero-order valence-corrected chi connectivity index (χ0v) is 8.77. The fourth-order valence-corrected chi connectivity index (χ4v) is 1.74. The summed E-state index contributed by atoms with van der Waals surface area (Å²) in [6.45, 7) is 1.70. The number of fused-ring (bicyclic) bond motifs is 1. The summed E-state index contributed by atoms with van der Waals surface area (Å²) in [6.07, 6.45) is 1.67. The third kappa shape index (κ3) is 1.55. The van der Waals surface area contributed by atoms with E-state index in [1.165, 1.54) is 6.07 Å². The van der Waals surface area contributed by atoms with Gasteiger partial charge in [-0.1, -0.05) is 6.07 Å². The van der Waals surface area contributed by atoms with E-state index in [2.05, 4.69) is 5.43 Å². The van der Waals surface area contributed by atoms with Gasteiger partial charge < -0.3 is 4.57 Å². The first-order valence-corrected chi connectivity index (χ1v) is 4.90. The van der Waals surface area contributed by atoms with Gasteiger partial charge in [0.25, 0.3) is 5.91 Å². The molecular formula is C11H12FN3O. The number of nitrogens with one attached hydrogen (secondary N) is 1. The number of carbonyl (C=O) groups excluding carboxylic acids is 1. The van der Waals surface area contributed by atoms with Crippen molar-refractivity contribution in [3.05, 3.63) is 36.3 Å². The molecule has 0 aliphatic carbocycles. The number of hydrogen-bond acceptors (Lipinski definition) is 2.